The van der Waals surface area contributed by atoms with Crippen molar-refractivity contribution < 1.29 is 33.4 Å². The molecule has 2 heterocycles. The summed E-state index contributed by atoms with van der Waals surface area (Å²) in [5.41, 5.74) is 0.942. The summed E-state index contributed by atoms with van der Waals surface area (Å²) in [6.07, 6.45) is 9.42. The zero-order valence-electron chi connectivity index (χ0n) is 29.2. The highest BCUT2D eigenvalue weighted by Crippen LogP contribution is 2.31. The van der Waals surface area contributed by atoms with Gasteiger partial charge in [0.25, 0.3) is 17.7 Å². The van der Waals surface area contributed by atoms with Gasteiger partial charge in [-0.1, -0.05) is 51.1 Å². The molecule has 0 spiro atoms. The number of rotatable bonds is 19. The van der Waals surface area contributed by atoms with E-state index in [1.54, 1.807) is 24.3 Å². The SMILES string of the molecule is C#C[C@@H](CC)CC(=O)N(C)[C@H](C[C@@H](OCCCCN1C(=O)C=CC1=O)c1nc(C(=O)N[C@H](C)[C@@H](OC(C)=O)c2ccccc2)cs1)C(C)C. The molecule has 11 nitrogen and oxygen atoms in total. The van der Waals surface area contributed by atoms with E-state index in [1.807, 2.05) is 51.1 Å². The van der Waals surface area contributed by atoms with Crippen LogP contribution >= 0.6 is 11.3 Å². The van der Waals surface area contributed by atoms with Gasteiger partial charge in [0.2, 0.25) is 5.91 Å². The van der Waals surface area contributed by atoms with Gasteiger partial charge in [0.05, 0.1) is 6.04 Å². The molecule has 0 radical (unpaired) electrons. The molecule has 0 unspecified atom stereocenters. The van der Waals surface area contributed by atoms with E-state index in [9.17, 15) is 24.0 Å². The van der Waals surface area contributed by atoms with Crippen LogP contribution in [0.2, 0.25) is 0 Å². The summed E-state index contributed by atoms with van der Waals surface area (Å²) in [5, 5.41) is 5.16. The normalized spacial score (nSPS) is 15.8. The van der Waals surface area contributed by atoms with E-state index in [0.717, 1.165) is 5.56 Å². The Balaban J connectivity index is 1.77. The van der Waals surface area contributed by atoms with Gasteiger partial charge in [0.1, 0.15) is 22.9 Å². The maximum atomic E-state index is 13.4. The lowest BCUT2D eigenvalue weighted by atomic mass is 9.95. The molecule has 0 saturated carbocycles. The van der Waals surface area contributed by atoms with Crippen LogP contribution in [0.15, 0.2) is 47.9 Å². The minimum Gasteiger partial charge on any atom is -0.455 e. The van der Waals surface area contributed by atoms with Crippen molar-refractivity contribution in [1.29, 1.82) is 0 Å². The molecule has 3 rings (SSSR count). The number of nitrogens with zero attached hydrogens (tertiary/aromatic N) is 3. The Labute approximate surface area is 293 Å². The molecule has 1 aromatic heterocycles. The molecular formula is C37H48N4O7S. The number of amides is 4. The molecule has 1 aliphatic heterocycles. The Morgan fingerprint density at radius 1 is 1.08 bits per heavy atom. The average Bonchev–Trinajstić information content (AvgIpc) is 3.70. The van der Waals surface area contributed by atoms with Crippen molar-refractivity contribution in [3.05, 3.63) is 64.1 Å². The smallest absolute Gasteiger partial charge is 0.303 e. The lowest BCUT2D eigenvalue weighted by Gasteiger charge is -2.34. The molecular weight excluding hydrogens is 644 g/mol. The van der Waals surface area contributed by atoms with Gasteiger partial charge in [-0.25, -0.2) is 4.98 Å². The highest BCUT2D eigenvalue weighted by Gasteiger charge is 2.31. The minimum absolute atomic E-state index is 0.0512. The molecule has 1 aliphatic rings. The number of carbonyl (C=O) groups is 5. The predicted molar refractivity (Wildman–Crippen MR) is 187 cm³/mol. The van der Waals surface area contributed by atoms with E-state index in [1.165, 1.54) is 35.3 Å². The fourth-order valence-electron chi connectivity index (χ4n) is 5.62. The van der Waals surface area contributed by atoms with Crippen LogP contribution < -0.4 is 5.32 Å². The maximum Gasteiger partial charge on any atom is 0.303 e. The van der Waals surface area contributed by atoms with Gasteiger partial charge < -0.3 is 19.7 Å². The summed E-state index contributed by atoms with van der Waals surface area (Å²) >= 11 is 1.29. The second-order valence-corrected chi connectivity index (χ2v) is 13.4. The monoisotopic (exact) mass is 692 g/mol. The summed E-state index contributed by atoms with van der Waals surface area (Å²) in [7, 11) is 1.78. The Hall–Kier alpha value is -4.34. The zero-order chi connectivity index (χ0) is 36.1. The number of thiazole rings is 1. The molecule has 0 saturated heterocycles. The van der Waals surface area contributed by atoms with Crippen molar-refractivity contribution in [2.45, 2.75) is 91.0 Å². The topological polar surface area (TPSA) is 135 Å². The fourth-order valence-corrected chi connectivity index (χ4v) is 6.48. The number of hydrogen-bond acceptors (Lipinski definition) is 9. The first-order chi connectivity index (χ1) is 23.4. The van der Waals surface area contributed by atoms with Crippen LogP contribution in [0.4, 0.5) is 0 Å². The van der Waals surface area contributed by atoms with Crippen LogP contribution in [0.25, 0.3) is 0 Å². The maximum absolute atomic E-state index is 13.4. The zero-order valence-corrected chi connectivity index (χ0v) is 30.0. The van der Waals surface area contributed by atoms with Gasteiger partial charge >= 0.3 is 5.97 Å². The first kappa shape index (κ1) is 39.1. The van der Waals surface area contributed by atoms with Crippen molar-refractivity contribution in [2.75, 3.05) is 20.2 Å². The second kappa shape index (κ2) is 19.0. The number of ether oxygens (including phenoxy) is 2. The molecule has 0 aliphatic carbocycles. The molecule has 0 bridgehead atoms. The third-order valence-electron chi connectivity index (χ3n) is 8.53. The van der Waals surface area contributed by atoms with E-state index in [0.29, 0.717) is 37.3 Å². The minimum atomic E-state index is -0.694. The third-order valence-corrected chi connectivity index (χ3v) is 9.46. The summed E-state index contributed by atoms with van der Waals surface area (Å²) in [4.78, 5) is 70.0. The number of carbonyl (C=O) groups excluding carboxylic acids is 5. The Bertz CT molecular complexity index is 1500. The van der Waals surface area contributed by atoms with Crippen molar-refractivity contribution in [2.24, 2.45) is 11.8 Å². The highest BCUT2D eigenvalue weighted by atomic mass is 32.1. The highest BCUT2D eigenvalue weighted by molar-refractivity contribution is 7.09. The number of imide groups is 1. The first-order valence-corrected chi connectivity index (χ1v) is 17.6. The van der Waals surface area contributed by atoms with E-state index in [2.05, 4.69) is 16.2 Å². The van der Waals surface area contributed by atoms with Crippen molar-refractivity contribution in [1.82, 2.24) is 20.1 Å². The van der Waals surface area contributed by atoms with E-state index >= 15 is 0 Å². The van der Waals surface area contributed by atoms with Gasteiger partial charge in [-0.05, 0) is 37.7 Å². The van der Waals surface area contributed by atoms with E-state index in [4.69, 9.17) is 15.9 Å². The van der Waals surface area contributed by atoms with Gasteiger partial charge in [-0.3, -0.25) is 28.9 Å². The molecule has 12 heteroatoms. The molecule has 1 N–H and O–H groups in total. The first-order valence-electron chi connectivity index (χ1n) is 16.7. The van der Waals surface area contributed by atoms with Gasteiger partial charge in [-0.15, -0.1) is 23.7 Å². The summed E-state index contributed by atoms with van der Waals surface area (Å²) in [6, 6.07) is 8.43. The Kier molecular flexibility index (Phi) is 15.2. The lowest BCUT2D eigenvalue weighted by molar-refractivity contribution is -0.148. The quantitative estimate of drug-likeness (QED) is 0.0913. The predicted octanol–water partition coefficient (Wildman–Crippen LogP) is 5.25. The third kappa shape index (κ3) is 11.4. The van der Waals surface area contributed by atoms with Gasteiger partial charge in [0, 0.05) is 69.5 Å². The molecule has 5 atom stereocenters. The van der Waals surface area contributed by atoms with Crippen LogP contribution in [-0.2, 0) is 28.7 Å². The number of esters is 1. The number of unbranched alkanes of at least 4 members (excludes halogenated alkanes) is 1. The fraction of sp³-hybridized carbons (Fsp3) is 0.514. The molecule has 264 valence electrons. The number of hydrogen-bond donors (Lipinski definition) is 1. The number of aromatic nitrogens is 1. The van der Waals surface area contributed by atoms with Crippen LogP contribution in [0.3, 0.4) is 0 Å². The number of terminal acetylenes is 1. The molecule has 2 aromatic rings. The number of nitrogens with one attached hydrogen (secondary N) is 1. The lowest BCUT2D eigenvalue weighted by Crippen LogP contribution is -2.42. The van der Waals surface area contributed by atoms with Crippen LogP contribution in [0.5, 0.6) is 0 Å². The largest absolute Gasteiger partial charge is 0.455 e. The van der Waals surface area contributed by atoms with Gasteiger partial charge in [0.15, 0.2) is 0 Å². The van der Waals surface area contributed by atoms with Crippen molar-refractivity contribution in [3.63, 3.8) is 0 Å². The summed E-state index contributed by atoms with van der Waals surface area (Å²) < 4.78 is 11.9. The Morgan fingerprint density at radius 3 is 2.35 bits per heavy atom. The molecule has 4 amide bonds. The van der Waals surface area contributed by atoms with E-state index in [-0.39, 0.29) is 54.3 Å². The Morgan fingerprint density at radius 2 is 1.76 bits per heavy atom. The van der Waals surface area contributed by atoms with E-state index < -0.39 is 30.1 Å². The molecule has 49 heavy (non-hydrogen) atoms. The summed E-state index contributed by atoms with van der Waals surface area (Å²) in [6.45, 7) is 9.73. The summed E-state index contributed by atoms with van der Waals surface area (Å²) in [5.74, 6) is 1.04. The molecule has 1 aromatic carbocycles. The van der Waals surface area contributed by atoms with Crippen LogP contribution in [0.1, 0.15) is 100.0 Å². The standard InChI is InChI=1S/C37H48N4O7S/c1-8-27(9-2)21-34(45)40(7)30(24(3)4)22-31(47-20-14-13-19-41-32(43)17-18-33(41)44)37-39-29(23-49-37)36(46)38-25(5)35(48-26(6)42)28-15-11-10-12-16-28/h1,10-12,15-18,23-25,27,30-31,35H,9,13-14,19-22H2,2-7H3,(H,38,46)/t25-,27+,30-,31-,35-/m1/s1. The molecule has 0 fully saturated rings. The van der Waals surface area contributed by atoms with Crippen molar-refractivity contribution >= 4 is 40.9 Å². The second-order valence-electron chi connectivity index (χ2n) is 12.5. The average molecular weight is 693 g/mol. The number of benzene rings is 1. The van der Waals surface area contributed by atoms with Gasteiger partial charge in [-0.2, -0.15) is 0 Å². The van der Waals surface area contributed by atoms with Crippen molar-refractivity contribution in [3.8, 4) is 12.3 Å². The van der Waals surface area contributed by atoms with Crippen LogP contribution in [0, 0.1) is 24.2 Å². The van der Waals surface area contributed by atoms with Crippen LogP contribution in [-0.4, -0.2) is 76.7 Å².